The Morgan fingerprint density at radius 2 is 1.76 bits per heavy atom. The zero-order chi connectivity index (χ0) is 24.7. The smallest absolute Gasteiger partial charge is 0.416 e. The van der Waals surface area contributed by atoms with Gasteiger partial charge in [-0.2, -0.15) is 13.2 Å². The van der Waals surface area contributed by atoms with Gasteiger partial charge in [0, 0.05) is 28.2 Å². The number of carboxylic acid groups (broad SMARTS) is 1. The van der Waals surface area contributed by atoms with E-state index in [0.717, 1.165) is 16.7 Å². The quantitative estimate of drug-likeness (QED) is 0.530. The number of aliphatic carboxylic acids is 1. The van der Waals surface area contributed by atoms with Crippen LogP contribution in [0.1, 0.15) is 45.8 Å². The topological polar surface area (TPSA) is 82.8 Å². The predicted octanol–water partition coefficient (Wildman–Crippen LogP) is 4.74. The van der Waals surface area contributed by atoms with Crippen molar-refractivity contribution >= 4 is 34.4 Å². The average Bonchev–Trinajstić information content (AvgIpc) is 2.97. The molecule has 1 unspecified atom stereocenters. The molecule has 0 saturated heterocycles. The number of carbonyl (C=O) groups excluding carboxylic acids is 1. The van der Waals surface area contributed by atoms with Crippen LogP contribution in [0.3, 0.4) is 0 Å². The molecule has 3 rings (SSSR count). The second-order valence-electron chi connectivity index (χ2n) is 8.01. The molecule has 0 radical (unpaired) electrons. The monoisotopic (exact) mass is 482 g/mol. The van der Waals surface area contributed by atoms with Gasteiger partial charge in [0.05, 0.1) is 23.6 Å². The standard InChI is InChI=1S/C23H22ClF3N2O4/c1-12(30)15-8-16-17(9-21(31)32)20(11-28(2)3)29(19(16)10-18(15)23(25,26)27)22(33)13-4-6-14(24)7-5-13/h4-8,10,12,30H,9,11H2,1-3H3,(H,31,32). The van der Waals surface area contributed by atoms with E-state index in [1.54, 1.807) is 19.0 Å². The predicted molar refractivity (Wildman–Crippen MR) is 117 cm³/mol. The number of hydrogen-bond donors (Lipinski definition) is 2. The molecule has 0 aliphatic carbocycles. The number of carbonyl (C=O) groups is 2. The number of nitrogens with zero attached hydrogens (tertiary/aromatic N) is 2. The van der Waals surface area contributed by atoms with Crippen LogP contribution in [0.25, 0.3) is 10.9 Å². The minimum absolute atomic E-state index is 0.0835. The Bertz CT molecular complexity index is 1220. The third kappa shape index (κ3) is 5.05. The van der Waals surface area contributed by atoms with E-state index >= 15 is 0 Å². The van der Waals surface area contributed by atoms with E-state index in [9.17, 15) is 33.0 Å². The highest BCUT2D eigenvalue weighted by molar-refractivity contribution is 6.30. The highest BCUT2D eigenvalue weighted by Crippen LogP contribution is 2.40. The number of rotatable bonds is 6. The van der Waals surface area contributed by atoms with E-state index in [2.05, 4.69) is 0 Å². The largest absolute Gasteiger partial charge is 0.481 e. The number of hydrogen-bond acceptors (Lipinski definition) is 4. The molecule has 10 heteroatoms. The average molecular weight is 483 g/mol. The van der Waals surface area contributed by atoms with Crippen molar-refractivity contribution in [1.82, 2.24) is 9.47 Å². The Morgan fingerprint density at radius 3 is 2.24 bits per heavy atom. The van der Waals surface area contributed by atoms with Gasteiger partial charge in [-0.1, -0.05) is 11.6 Å². The van der Waals surface area contributed by atoms with E-state index in [4.69, 9.17) is 11.6 Å². The minimum Gasteiger partial charge on any atom is -0.481 e. The van der Waals surface area contributed by atoms with Crippen molar-refractivity contribution in [2.75, 3.05) is 14.1 Å². The van der Waals surface area contributed by atoms with Gasteiger partial charge in [-0.3, -0.25) is 14.2 Å². The lowest BCUT2D eigenvalue weighted by Crippen LogP contribution is -2.21. The molecule has 2 aromatic carbocycles. The molecule has 0 aliphatic heterocycles. The van der Waals surface area contributed by atoms with Crippen LogP contribution in [0.4, 0.5) is 13.2 Å². The van der Waals surface area contributed by atoms with Crippen molar-refractivity contribution in [2.45, 2.75) is 32.2 Å². The van der Waals surface area contributed by atoms with Gasteiger partial charge in [0.2, 0.25) is 0 Å². The van der Waals surface area contributed by atoms with Crippen molar-refractivity contribution in [3.8, 4) is 0 Å². The molecule has 6 nitrogen and oxygen atoms in total. The third-order valence-corrected chi connectivity index (χ3v) is 5.45. The Labute approximate surface area is 192 Å². The van der Waals surface area contributed by atoms with Crippen LogP contribution < -0.4 is 0 Å². The zero-order valence-electron chi connectivity index (χ0n) is 18.1. The Hall–Kier alpha value is -2.88. The van der Waals surface area contributed by atoms with Crippen molar-refractivity contribution < 1.29 is 33.0 Å². The first-order valence-corrected chi connectivity index (χ1v) is 10.3. The maximum atomic E-state index is 13.8. The number of alkyl halides is 3. The first-order valence-electron chi connectivity index (χ1n) is 9.93. The second-order valence-corrected chi connectivity index (χ2v) is 8.45. The second kappa shape index (κ2) is 9.17. The molecule has 0 fully saturated rings. The Kier molecular flexibility index (Phi) is 6.88. The van der Waals surface area contributed by atoms with Crippen molar-refractivity contribution in [1.29, 1.82) is 0 Å². The SMILES string of the molecule is CC(O)c1cc2c(CC(=O)O)c(CN(C)C)n(C(=O)c3ccc(Cl)cc3)c2cc1C(F)(F)F. The summed E-state index contributed by atoms with van der Waals surface area (Å²) in [5.41, 5.74) is -0.927. The summed E-state index contributed by atoms with van der Waals surface area (Å²) in [4.78, 5) is 26.8. The van der Waals surface area contributed by atoms with E-state index in [1.165, 1.54) is 31.2 Å². The Morgan fingerprint density at radius 1 is 1.15 bits per heavy atom. The number of halogens is 4. The van der Waals surface area contributed by atoms with E-state index in [1.807, 2.05) is 0 Å². The summed E-state index contributed by atoms with van der Waals surface area (Å²) in [5.74, 6) is -1.82. The van der Waals surface area contributed by atoms with Crippen LogP contribution in [-0.4, -0.2) is 45.7 Å². The highest BCUT2D eigenvalue weighted by Gasteiger charge is 2.36. The summed E-state index contributed by atoms with van der Waals surface area (Å²) < 4.78 is 42.6. The molecular weight excluding hydrogens is 461 g/mol. The number of aromatic nitrogens is 1. The number of aliphatic hydroxyl groups excluding tert-OH is 1. The van der Waals surface area contributed by atoms with Crippen LogP contribution in [-0.2, 0) is 23.9 Å². The summed E-state index contributed by atoms with van der Waals surface area (Å²) in [5, 5.41) is 20.1. The summed E-state index contributed by atoms with van der Waals surface area (Å²) in [6.07, 6.45) is -6.77. The lowest BCUT2D eigenvalue weighted by Gasteiger charge is -2.17. The lowest BCUT2D eigenvalue weighted by molar-refractivity contribution is -0.139. The molecule has 176 valence electrons. The zero-order valence-corrected chi connectivity index (χ0v) is 18.8. The molecular formula is C23H22ClF3N2O4. The molecule has 0 amide bonds. The van der Waals surface area contributed by atoms with Crippen LogP contribution in [0.15, 0.2) is 36.4 Å². The molecule has 0 aliphatic rings. The summed E-state index contributed by atoms with van der Waals surface area (Å²) in [7, 11) is 3.39. The number of benzene rings is 2. The number of aliphatic hydroxyl groups is 1. The van der Waals surface area contributed by atoms with Gasteiger partial charge in [-0.05, 0) is 68.5 Å². The van der Waals surface area contributed by atoms with Crippen molar-refractivity contribution in [3.63, 3.8) is 0 Å². The highest BCUT2D eigenvalue weighted by atomic mass is 35.5. The van der Waals surface area contributed by atoms with Gasteiger partial charge >= 0.3 is 12.1 Å². The maximum Gasteiger partial charge on any atom is 0.416 e. The van der Waals surface area contributed by atoms with Gasteiger partial charge in [-0.25, -0.2) is 0 Å². The van der Waals surface area contributed by atoms with Gasteiger partial charge in [0.15, 0.2) is 0 Å². The molecule has 1 aromatic heterocycles. The molecule has 0 spiro atoms. The maximum absolute atomic E-state index is 13.8. The number of fused-ring (bicyclic) bond motifs is 1. The van der Waals surface area contributed by atoms with Gasteiger partial charge in [0.25, 0.3) is 5.91 Å². The first-order chi connectivity index (χ1) is 15.3. The fraction of sp³-hybridized carbons (Fsp3) is 0.304. The fourth-order valence-electron chi connectivity index (χ4n) is 3.83. The summed E-state index contributed by atoms with van der Waals surface area (Å²) in [6.45, 7) is 1.30. The Balaban J connectivity index is 2.46. The molecule has 2 N–H and O–H groups in total. The first kappa shape index (κ1) is 24.8. The van der Waals surface area contributed by atoms with Crippen molar-refractivity contribution in [3.05, 3.63) is 69.4 Å². The van der Waals surface area contributed by atoms with Gasteiger partial charge in [-0.15, -0.1) is 0 Å². The molecule has 0 bridgehead atoms. The van der Waals surface area contributed by atoms with Crippen LogP contribution in [0.5, 0.6) is 0 Å². The molecule has 0 saturated carbocycles. The molecule has 1 atom stereocenters. The van der Waals surface area contributed by atoms with E-state index < -0.39 is 41.7 Å². The van der Waals surface area contributed by atoms with E-state index in [0.29, 0.717) is 5.02 Å². The van der Waals surface area contributed by atoms with Crippen LogP contribution >= 0.6 is 11.6 Å². The van der Waals surface area contributed by atoms with Crippen LogP contribution in [0, 0.1) is 0 Å². The minimum atomic E-state index is -4.80. The van der Waals surface area contributed by atoms with Crippen LogP contribution in [0.2, 0.25) is 5.02 Å². The summed E-state index contributed by atoms with van der Waals surface area (Å²) in [6, 6.07) is 7.79. The third-order valence-electron chi connectivity index (χ3n) is 5.20. The molecule has 3 aromatic rings. The lowest BCUT2D eigenvalue weighted by atomic mass is 9.97. The number of carboxylic acids is 1. The van der Waals surface area contributed by atoms with E-state index in [-0.39, 0.29) is 34.3 Å². The van der Waals surface area contributed by atoms with Gasteiger partial charge in [0.1, 0.15) is 0 Å². The van der Waals surface area contributed by atoms with Crippen molar-refractivity contribution in [2.24, 2.45) is 0 Å². The fourth-order valence-corrected chi connectivity index (χ4v) is 3.95. The normalized spacial score (nSPS) is 13.0. The molecule has 1 heterocycles. The summed E-state index contributed by atoms with van der Waals surface area (Å²) >= 11 is 5.90. The van der Waals surface area contributed by atoms with Gasteiger partial charge < -0.3 is 15.1 Å². The molecule has 33 heavy (non-hydrogen) atoms.